The van der Waals surface area contributed by atoms with Crippen LogP contribution in [0.1, 0.15) is 59.9 Å². The molecule has 4 heterocycles. The van der Waals surface area contributed by atoms with Gasteiger partial charge in [-0.15, -0.1) is 0 Å². The minimum atomic E-state index is -4.39. The van der Waals surface area contributed by atoms with Crippen LogP contribution in [0.15, 0.2) is 35.2 Å². The first-order chi connectivity index (χ1) is 18.0. The zero-order valence-corrected chi connectivity index (χ0v) is 21.0. The Bertz CT molecular complexity index is 1300. The van der Waals surface area contributed by atoms with E-state index in [9.17, 15) is 31.5 Å². The fraction of sp³-hybridized carbons (Fsp3) is 0.520. The summed E-state index contributed by atoms with van der Waals surface area (Å²) < 4.78 is 68.7. The molecule has 1 saturated heterocycles. The van der Waals surface area contributed by atoms with Crippen LogP contribution in [-0.2, 0) is 11.2 Å². The molecule has 5 rings (SSSR count). The monoisotopic (exact) mass is 555 g/mol. The molecule has 38 heavy (non-hydrogen) atoms. The predicted octanol–water partition coefficient (Wildman–Crippen LogP) is 4.94. The molecule has 2 N–H and O–H groups in total. The molecule has 0 spiro atoms. The highest BCUT2D eigenvalue weighted by atomic mass is 32.1. The third-order valence-electron chi connectivity index (χ3n) is 7.40. The molecule has 204 valence electrons. The maximum atomic E-state index is 13.8. The molecule has 2 aliphatic rings. The van der Waals surface area contributed by atoms with Gasteiger partial charge in [0.2, 0.25) is 11.8 Å². The molecule has 1 aliphatic carbocycles. The Balaban J connectivity index is 1.38. The van der Waals surface area contributed by atoms with E-state index in [4.69, 9.17) is 0 Å². The van der Waals surface area contributed by atoms with Gasteiger partial charge in [0.05, 0.1) is 35.1 Å². The van der Waals surface area contributed by atoms with Gasteiger partial charge in [0.1, 0.15) is 0 Å². The topological polar surface area (TPSA) is 88.4 Å². The van der Waals surface area contributed by atoms with Gasteiger partial charge in [-0.25, -0.2) is 18.3 Å². The van der Waals surface area contributed by atoms with Crippen LogP contribution in [0.4, 0.5) is 22.0 Å². The largest absolute Gasteiger partial charge is 0.393 e. The van der Waals surface area contributed by atoms with Gasteiger partial charge < -0.3 is 10.6 Å². The lowest BCUT2D eigenvalue weighted by Gasteiger charge is -2.33. The molecular formula is C25H26F5N5O2S. The summed E-state index contributed by atoms with van der Waals surface area (Å²) in [6.45, 7) is -0.429. The Hall–Kier alpha value is -3.09. The number of amides is 2. The molecule has 3 aromatic heterocycles. The number of hydrogen-bond donors (Lipinski definition) is 2. The van der Waals surface area contributed by atoms with Gasteiger partial charge in [-0.05, 0) is 48.8 Å². The fourth-order valence-electron chi connectivity index (χ4n) is 5.23. The van der Waals surface area contributed by atoms with Gasteiger partial charge in [0, 0.05) is 37.1 Å². The van der Waals surface area contributed by atoms with Crippen molar-refractivity contribution in [2.45, 2.75) is 56.7 Å². The van der Waals surface area contributed by atoms with Crippen LogP contribution in [0, 0.1) is 17.8 Å². The second-order valence-electron chi connectivity index (χ2n) is 10.1. The lowest BCUT2D eigenvalue weighted by molar-refractivity contribution is -0.183. The third-order valence-corrected chi connectivity index (χ3v) is 8.08. The molecule has 1 unspecified atom stereocenters. The van der Waals surface area contributed by atoms with Crippen molar-refractivity contribution in [3.05, 3.63) is 52.1 Å². The lowest BCUT2D eigenvalue weighted by atomic mass is 9.81. The minimum Gasteiger partial charge on any atom is -0.355 e. The van der Waals surface area contributed by atoms with Gasteiger partial charge in [0.15, 0.2) is 5.65 Å². The Morgan fingerprint density at radius 3 is 2.68 bits per heavy atom. The van der Waals surface area contributed by atoms with Gasteiger partial charge >= 0.3 is 6.18 Å². The normalized spacial score (nSPS) is 23.2. The second kappa shape index (κ2) is 10.2. The SMILES string of the molecule is O=C(N[C@H](c1cn2nc(CC3C[C@@H](C(F)(F)F)CNC3=O)ccc2n1)C1CCC(F)(F)CC1)c1ccsc1. The summed E-state index contributed by atoms with van der Waals surface area (Å²) in [6, 6.07) is 4.30. The summed E-state index contributed by atoms with van der Waals surface area (Å²) >= 11 is 1.37. The molecule has 2 fully saturated rings. The molecule has 3 atom stereocenters. The Kier molecular flexibility index (Phi) is 7.14. The van der Waals surface area contributed by atoms with Crippen molar-refractivity contribution in [2.24, 2.45) is 17.8 Å². The van der Waals surface area contributed by atoms with Crippen LogP contribution in [0.25, 0.3) is 5.65 Å². The van der Waals surface area contributed by atoms with Gasteiger partial charge in [-0.1, -0.05) is 0 Å². The highest BCUT2D eigenvalue weighted by Gasteiger charge is 2.45. The molecule has 0 aromatic carbocycles. The van der Waals surface area contributed by atoms with E-state index in [1.807, 2.05) is 0 Å². The summed E-state index contributed by atoms with van der Waals surface area (Å²) in [4.78, 5) is 29.7. The fourth-order valence-corrected chi connectivity index (χ4v) is 5.86. The number of carbonyl (C=O) groups is 2. The van der Waals surface area contributed by atoms with E-state index in [0.29, 0.717) is 22.6 Å². The van der Waals surface area contributed by atoms with Crippen molar-refractivity contribution < 1.29 is 31.5 Å². The van der Waals surface area contributed by atoms with Crippen LogP contribution in [0.5, 0.6) is 0 Å². The molecule has 3 aromatic rings. The van der Waals surface area contributed by atoms with Crippen molar-refractivity contribution in [2.75, 3.05) is 6.54 Å². The average molecular weight is 556 g/mol. The van der Waals surface area contributed by atoms with Gasteiger partial charge in [-0.2, -0.15) is 29.6 Å². The minimum absolute atomic E-state index is 0.0257. The quantitative estimate of drug-likeness (QED) is 0.422. The second-order valence-corrected chi connectivity index (χ2v) is 10.9. The smallest absolute Gasteiger partial charge is 0.355 e. The number of alkyl halides is 5. The average Bonchev–Trinajstić information content (AvgIpc) is 3.53. The molecule has 7 nitrogen and oxygen atoms in total. The summed E-state index contributed by atoms with van der Waals surface area (Å²) in [7, 11) is 0. The number of rotatable bonds is 6. The van der Waals surface area contributed by atoms with E-state index < -0.39 is 42.4 Å². The van der Waals surface area contributed by atoms with Gasteiger partial charge in [0.25, 0.3) is 5.91 Å². The van der Waals surface area contributed by atoms with Crippen LogP contribution < -0.4 is 10.6 Å². The summed E-state index contributed by atoms with van der Waals surface area (Å²) in [5, 5.41) is 13.2. The highest BCUT2D eigenvalue weighted by molar-refractivity contribution is 7.08. The predicted molar refractivity (Wildman–Crippen MR) is 129 cm³/mol. The van der Waals surface area contributed by atoms with E-state index in [2.05, 4.69) is 20.7 Å². The zero-order valence-electron chi connectivity index (χ0n) is 20.2. The Morgan fingerprint density at radius 1 is 1.24 bits per heavy atom. The van der Waals surface area contributed by atoms with E-state index in [1.165, 1.54) is 15.9 Å². The summed E-state index contributed by atoms with van der Waals surface area (Å²) in [6.07, 6.45) is -3.21. The van der Waals surface area contributed by atoms with E-state index >= 15 is 0 Å². The first-order valence-electron chi connectivity index (χ1n) is 12.4. The van der Waals surface area contributed by atoms with Crippen LogP contribution in [0.2, 0.25) is 0 Å². The van der Waals surface area contributed by atoms with E-state index in [0.717, 1.165) is 0 Å². The number of carbonyl (C=O) groups excluding carboxylic acids is 2. The number of nitrogens with zero attached hydrogens (tertiary/aromatic N) is 3. The number of imidazole rings is 1. The highest BCUT2D eigenvalue weighted by Crippen LogP contribution is 2.41. The number of nitrogens with one attached hydrogen (secondary N) is 2. The number of halogens is 5. The van der Waals surface area contributed by atoms with Crippen LogP contribution in [0.3, 0.4) is 0 Å². The molecule has 13 heteroatoms. The molecule has 1 aliphatic heterocycles. The lowest BCUT2D eigenvalue weighted by Crippen LogP contribution is -2.47. The Morgan fingerprint density at radius 2 is 2.00 bits per heavy atom. The standard InChI is InChI=1S/C25H26F5N5O2S/c26-24(27)6-3-14(4-7-24)21(33-23(37)15-5-8-38-13-15)19-12-35-20(32-19)2-1-18(34-35)10-16-9-17(25(28,29)30)11-31-22(16)36/h1-2,5,8,12-14,16-17,21H,3-4,6-7,9-11H2,(H,31,36)(H,33,37)/t16?,17-,21+/m1/s1. The van der Waals surface area contributed by atoms with E-state index in [-0.39, 0.29) is 50.4 Å². The first-order valence-corrected chi connectivity index (χ1v) is 13.3. The van der Waals surface area contributed by atoms with E-state index in [1.54, 1.807) is 35.2 Å². The van der Waals surface area contributed by atoms with Crippen molar-refractivity contribution in [1.29, 1.82) is 0 Å². The molecule has 2 amide bonds. The van der Waals surface area contributed by atoms with Crippen LogP contribution in [-0.4, -0.2) is 45.1 Å². The summed E-state index contributed by atoms with van der Waals surface area (Å²) in [5.41, 5.74) is 1.77. The molecule has 0 bridgehead atoms. The summed E-state index contributed by atoms with van der Waals surface area (Å²) in [5.74, 6) is -6.24. The molecule has 1 saturated carbocycles. The zero-order chi connectivity index (χ0) is 27.1. The van der Waals surface area contributed by atoms with Crippen molar-refractivity contribution in [3.8, 4) is 0 Å². The molecular weight excluding hydrogens is 529 g/mol. The van der Waals surface area contributed by atoms with Crippen molar-refractivity contribution in [1.82, 2.24) is 25.2 Å². The number of thiophene rings is 1. The maximum Gasteiger partial charge on any atom is 0.393 e. The number of aromatic nitrogens is 3. The maximum absolute atomic E-state index is 13.8. The number of fused-ring (bicyclic) bond motifs is 1. The first kappa shape index (κ1) is 26.5. The van der Waals surface area contributed by atoms with Crippen molar-refractivity contribution >= 4 is 28.8 Å². The number of piperidine rings is 1. The molecule has 0 radical (unpaired) electrons. The van der Waals surface area contributed by atoms with Crippen molar-refractivity contribution in [3.63, 3.8) is 0 Å². The Labute approximate surface area is 218 Å². The van der Waals surface area contributed by atoms with Gasteiger partial charge in [-0.3, -0.25) is 9.59 Å². The van der Waals surface area contributed by atoms with Crippen LogP contribution >= 0.6 is 11.3 Å². The third kappa shape index (κ3) is 5.82. The number of hydrogen-bond acceptors (Lipinski definition) is 5.